The van der Waals surface area contributed by atoms with Crippen molar-refractivity contribution in [3.63, 3.8) is 0 Å². The SMILES string of the molecule is COc1ccc(CCCOc2ccc(CCn3ccc(NC(=O)c4c(F)cccc4F)n3)cc2)cc1. The first-order valence-electron chi connectivity index (χ1n) is 11.7. The van der Waals surface area contributed by atoms with Gasteiger partial charge in [0.05, 0.1) is 13.7 Å². The minimum absolute atomic E-state index is 0.223. The number of hydrogen-bond donors (Lipinski definition) is 1. The number of nitrogens with one attached hydrogen (secondary N) is 1. The summed E-state index contributed by atoms with van der Waals surface area (Å²) in [6.45, 7) is 1.20. The summed E-state index contributed by atoms with van der Waals surface area (Å²) in [7, 11) is 1.66. The number of nitrogens with zero attached hydrogens (tertiary/aromatic N) is 2. The summed E-state index contributed by atoms with van der Waals surface area (Å²) < 4.78 is 40.3. The van der Waals surface area contributed by atoms with E-state index in [-0.39, 0.29) is 5.82 Å². The molecule has 6 nitrogen and oxygen atoms in total. The molecule has 36 heavy (non-hydrogen) atoms. The third-order valence-electron chi connectivity index (χ3n) is 5.66. The molecule has 4 aromatic rings. The minimum Gasteiger partial charge on any atom is -0.497 e. The first-order valence-corrected chi connectivity index (χ1v) is 11.7. The molecule has 0 saturated heterocycles. The summed E-state index contributed by atoms with van der Waals surface area (Å²) in [6.07, 6.45) is 4.27. The molecular weight excluding hydrogens is 464 g/mol. The molecule has 0 aliphatic carbocycles. The highest BCUT2D eigenvalue weighted by Crippen LogP contribution is 2.17. The zero-order valence-corrected chi connectivity index (χ0v) is 19.9. The molecule has 0 radical (unpaired) electrons. The van der Waals surface area contributed by atoms with Crippen molar-refractivity contribution in [3.05, 3.63) is 107 Å². The van der Waals surface area contributed by atoms with E-state index in [0.29, 0.717) is 13.2 Å². The Morgan fingerprint density at radius 1 is 0.889 bits per heavy atom. The summed E-state index contributed by atoms with van der Waals surface area (Å²) in [5.41, 5.74) is 1.72. The number of carbonyl (C=O) groups excluding carboxylic acids is 1. The number of benzene rings is 3. The van der Waals surface area contributed by atoms with Crippen LogP contribution in [0.5, 0.6) is 11.5 Å². The number of carbonyl (C=O) groups is 1. The molecule has 8 heteroatoms. The quantitative estimate of drug-likeness (QED) is 0.274. The van der Waals surface area contributed by atoms with Crippen LogP contribution in [0.4, 0.5) is 14.6 Å². The fourth-order valence-corrected chi connectivity index (χ4v) is 3.70. The molecule has 0 aliphatic rings. The molecule has 1 heterocycles. The number of methoxy groups -OCH3 is 1. The van der Waals surface area contributed by atoms with Gasteiger partial charge in [-0.25, -0.2) is 8.78 Å². The number of hydrogen-bond acceptors (Lipinski definition) is 4. The number of amides is 1. The largest absolute Gasteiger partial charge is 0.497 e. The second-order valence-electron chi connectivity index (χ2n) is 8.21. The van der Waals surface area contributed by atoms with E-state index in [4.69, 9.17) is 9.47 Å². The topological polar surface area (TPSA) is 65.4 Å². The molecule has 4 rings (SSSR count). The molecule has 1 amide bonds. The average molecular weight is 492 g/mol. The second-order valence-corrected chi connectivity index (χ2v) is 8.21. The van der Waals surface area contributed by atoms with Gasteiger partial charge in [0, 0.05) is 18.8 Å². The third kappa shape index (κ3) is 6.69. The first kappa shape index (κ1) is 24.9. The normalized spacial score (nSPS) is 10.8. The van der Waals surface area contributed by atoms with Crippen LogP contribution >= 0.6 is 0 Å². The van der Waals surface area contributed by atoms with E-state index < -0.39 is 23.1 Å². The smallest absolute Gasteiger partial charge is 0.262 e. The van der Waals surface area contributed by atoms with E-state index in [9.17, 15) is 13.6 Å². The van der Waals surface area contributed by atoms with Gasteiger partial charge in [-0.15, -0.1) is 0 Å². The molecule has 0 saturated carbocycles. The lowest BCUT2D eigenvalue weighted by Crippen LogP contribution is -2.16. The Labute approximate surface area is 208 Å². The molecule has 0 unspecified atom stereocenters. The van der Waals surface area contributed by atoms with Crippen LogP contribution in [0, 0.1) is 11.6 Å². The monoisotopic (exact) mass is 491 g/mol. The summed E-state index contributed by atoms with van der Waals surface area (Å²) in [5.74, 6) is -0.825. The predicted octanol–water partition coefficient (Wildman–Crippen LogP) is 5.68. The van der Waals surface area contributed by atoms with Crippen LogP contribution in [0.1, 0.15) is 27.9 Å². The Kier molecular flexibility index (Phi) is 8.28. The van der Waals surface area contributed by atoms with Gasteiger partial charge in [0.1, 0.15) is 28.7 Å². The van der Waals surface area contributed by atoms with Gasteiger partial charge >= 0.3 is 0 Å². The Hall–Kier alpha value is -4.20. The van der Waals surface area contributed by atoms with E-state index in [2.05, 4.69) is 22.5 Å². The van der Waals surface area contributed by atoms with E-state index in [0.717, 1.165) is 48.5 Å². The van der Waals surface area contributed by atoms with Gasteiger partial charge in [-0.05, 0) is 66.8 Å². The number of ether oxygens (including phenoxy) is 2. The molecular formula is C28H27F2N3O3. The van der Waals surface area contributed by atoms with Gasteiger partial charge in [-0.3, -0.25) is 9.48 Å². The van der Waals surface area contributed by atoms with E-state index in [1.165, 1.54) is 11.6 Å². The van der Waals surface area contributed by atoms with E-state index in [1.54, 1.807) is 24.1 Å². The number of anilines is 1. The highest BCUT2D eigenvalue weighted by molar-refractivity contribution is 6.04. The van der Waals surface area contributed by atoms with Gasteiger partial charge in [0.25, 0.3) is 5.91 Å². The number of aromatic nitrogens is 2. The summed E-state index contributed by atoms with van der Waals surface area (Å²) in [4.78, 5) is 12.2. The van der Waals surface area contributed by atoms with Crippen LogP contribution in [0.15, 0.2) is 79.0 Å². The molecule has 0 fully saturated rings. The van der Waals surface area contributed by atoms with Crippen LogP contribution in [0.25, 0.3) is 0 Å². The van der Waals surface area contributed by atoms with Crippen molar-refractivity contribution in [3.8, 4) is 11.5 Å². The lowest BCUT2D eigenvalue weighted by molar-refractivity contribution is 0.101. The van der Waals surface area contributed by atoms with Crippen molar-refractivity contribution in [2.75, 3.05) is 19.0 Å². The highest BCUT2D eigenvalue weighted by atomic mass is 19.1. The van der Waals surface area contributed by atoms with Gasteiger partial charge in [0.2, 0.25) is 0 Å². The van der Waals surface area contributed by atoms with Crippen LogP contribution in [-0.2, 0) is 19.4 Å². The number of halogens is 2. The van der Waals surface area contributed by atoms with E-state index in [1.807, 2.05) is 36.4 Å². The summed E-state index contributed by atoms with van der Waals surface area (Å²) >= 11 is 0. The number of aryl methyl sites for hydroxylation is 3. The Morgan fingerprint density at radius 2 is 1.53 bits per heavy atom. The molecule has 186 valence electrons. The second kappa shape index (κ2) is 12.0. The minimum atomic E-state index is -0.920. The van der Waals surface area contributed by atoms with Gasteiger partial charge < -0.3 is 14.8 Å². The molecule has 0 bridgehead atoms. The van der Waals surface area contributed by atoms with Crippen molar-refractivity contribution in [1.82, 2.24) is 9.78 Å². The maximum absolute atomic E-state index is 13.8. The maximum Gasteiger partial charge on any atom is 0.262 e. The van der Waals surface area contributed by atoms with Crippen LogP contribution in [0.3, 0.4) is 0 Å². The van der Waals surface area contributed by atoms with E-state index >= 15 is 0 Å². The summed E-state index contributed by atoms with van der Waals surface area (Å²) in [6, 6.07) is 20.8. The lowest BCUT2D eigenvalue weighted by atomic mass is 10.1. The summed E-state index contributed by atoms with van der Waals surface area (Å²) in [5, 5.41) is 6.69. The van der Waals surface area contributed by atoms with Crippen molar-refractivity contribution in [2.24, 2.45) is 0 Å². The van der Waals surface area contributed by atoms with Crippen LogP contribution in [0.2, 0.25) is 0 Å². The zero-order chi connectivity index (χ0) is 25.3. The van der Waals surface area contributed by atoms with Crippen molar-refractivity contribution in [1.29, 1.82) is 0 Å². The Balaban J connectivity index is 1.20. The maximum atomic E-state index is 13.8. The van der Waals surface area contributed by atoms with Crippen LogP contribution < -0.4 is 14.8 Å². The molecule has 0 atom stereocenters. The Morgan fingerprint density at radius 3 is 2.19 bits per heavy atom. The predicted molar refractivity (Wildman–Crippen MR) is 133 cm³/mol. The lowest BCUT2D eigenvalue weighted by Gasteiger charge is -2.08. The van der Waals surface area contributed by atoms with Gasteiger partial charge in [-0.2, -0.15) is 5.10 Å². The standard InChI is InChI=1S/C28H27F2N3O3/c1-35-22-11-7-20(8-12-22)4-3-19-36-23-13-9-21(10-14-23)15-17-33-18-16-26(32-33)31-28(34)27-24(29)5-2-6-25(27)30/h2,5-14,16,18H,3-4,15,17,19H2,1H3,(H,31,32,34). The van der Waals surface area contributed by atoms with Crippen molar-refractivity contribution < 1.29 is 23.0 Å². The van der Waals surface area contributed by atoms with Crippen LogP contribution in [-0.4, -0.2) is 29.4 Å². The Bertz CT molecular complexity index is 1270. The van der Waals surface area contributed by atoms with Gasteiger partial charge in [0.15, 0.2) is 5.82 Å². The number of rotatable bonds is 11. The fourth-order valence-electron chi connectivity index (χ4n) is 3.70. The first-order chi connectivity index (χ1) is 17.5. The molecule has 0 spiro atoms. The molecule has 3 aromatic carbocycles. The highest BCUT2D eigenvalue weighted by Gasteiger charge is 2.17. The zero-order valence-electron chi connectivity index (χ0n) is 19.9. The third-order valence-corrected chi connectivity index (χ3v) is 5.66. The van der Waals surface area contributed by atoms with Gasteiger partial charge in [-0.1, -0.05) is 30.3 Å². The average Bonchev–Trinajstić information content (AvgIpc) is 3.33. The van der Waals surface area contributed by atoms with Crippen molar-refractivity contribution >= 4 is 11.7 Å². The molecule has 1 N–H and O–H groups in total. The van der Waals surface area contributed by atoms with Crippen molar-refractivity contribution in [2.45, 2.75) is 25.8 Å². The molecule has 0 aliphatic heterocycles. The fraction of sp³-hybridized carbons (Fsp3) is 0.214. The molecule has 1 aromatic heterocycles.